The molecule has 0 fully saturated rings. The summed E-state index contributed by atoms with van der Waals surface area (Å²) in [6, 6.07) is 8.22. The minimum absolute atomic E-state index is 0.920. The Balaban J connectivity index is 2.14. The smallest absolute Gasteiger partial charge is 0.204 e. The van der Waals surface area contributed by atoms with E-state index in [1.54, 1.807) is 0 Å². The van der Waals surface area contributed by atoms with Gasteiger partial charge in [0.25, 0.3) is 0 Å². The van der Waals surface area contributed by atoms with Gasteiger partial charge in [0.2, 0.25) is 5.88 Å². The lowest BCUT2D eigenvalue weighted by Gasteiger charge is -2.24. The number of para-hydroxylation sites is 1. The first kappa shape index (κ1) is 7.68. The fraction of sp³-hybridized carbons (Fsp3) is 0.167. The van der Waals surface area contributed by atoms with Crippen LogP contribution < -0.4 is 5.32 Å². The van der Waals surface area contributed by atoms with E-state index in [9.17, 15) is 0 Å². The van der Waals surface area contributed by atoms with Crippen LogP contribution in [0.3, 0.4) is 0 Å². The first-order valence-electron chi connectivity index (χ1n) is 4.87. The average Bonchev–Trinajstić information content (AvgIpc) is 2.45. The van der Waals surface area contributed by atoms with Gasteiger partial charge in [-0.2, -0.15) is 0 Å². The first-order chi connectivity index (χ1) is 6.88. The molecule has 0 aliphatic carbocycles. The molecule has 70 valence electrons. The third-order valence-corrected chi connectivity index (χ3v) is 2.63. The van der Waals surface area contributed by atoms with Gasteiger partial charge in [-0.15, -0.1) is 0 Å². The average molecular weight is 185 g/mol. The minimum atomic E-state index is 0.920. The summed E-state index contributed by atoms with van der Waals surface area (Å²) in [5, 5.41) is 3.29. The van der Waals surface area contributed by atoms with Crippen LogP contribution in [0.25, 0.3) is 6.08 Å². The van der Waals surface area contributed by atoms with Crippen LogP contribution in [0.15, 0.2) is 41.5 Å². The molecule has 0 aromatic heterocycles. The van der Waals surface area contributed by atoms with Crippen LogP contribution in [0.4, 0.5) is 5.69 Å². The quantitative estimate of drug-likeness (QED) is 0.725. The Kier molecular flexibility index (Phi) is 1.45. The maximum Gasteiger partial charge on any atom is 0.204 e. The number of rotatable bonds is 1. The molecule has 0 amide bonds. The van der Waals surface area contributed by atoms with Gasteiger partial charge in [0.05, 0.1) is 5.57 Å². The zero-order valence-corrected chi connectivity index (χ0v) is 8.00. The summed E-state index contributed by atoms with van der Waals surface area (Å²) in [6.45, 7) is 2.14. The molecule has 0 radical (unpaired) electrons. The van der Waals surface area contributed by atoms with Crippen molar-refractivity contribution in [3.63, 3.8) is 0 Å². The molecule has 4 rings (SSSR count). The van der Waals surface area contributed by atoms with Crippen LogP contribution in [-0.2, 0) is 4.74 Å². The van der Waals surface area contributed by atoms with Gasteiger partial charge < -0.3 is 10.1 Å². The third-order valence-electron chi connectivity index (χ3n) is 2.63. The molecule has 2 nitrogen and oxygen atoms in total. The molecule has 2 bridgehead atoms. The summed E-state index contributed by atoms with van der Waals surface area (Å²) >= 11 is 0. The van der Waals surface area contributed by atoms with Crippen molar-refractivity contribution in [1.29, 1.82) is 0 Å². The molecule has 0 unspecified atom stereocenters. The number of allylic oxidation sites excluding steroid dienone is 1. The standard InChI is InChI=1S/C12H11NO/c1-2-9-11-7-8-5-3-4-6-10(8)13-12(9)14-11/h3-7,13H,2H2,1H3. The normalized spacial score (nSPS) is 17.1. The van der Waals surface area contributed by atoms with Crippen molar-refractivity contribution >= 4 is 11.8 Å². The molecular weight excluding hydrogens is 174 g/mol. The highest BCUT2D eigenvalue weighted by atomic mass is 16.5. The SMILES string of the molecule is CCC1=C2Nc3ccccc3C=C1O2. The van der Waals surface area contributed by atoms with E-state index in [0.717, 1.165) is 23.8 Å². The predicted molar refractivity (Wildman–Crippen MR) is 56.4 cm³/mol. The number of nitrogens with one attached hydrogen (secondary N) is 1. The van der Waals surface area contributed by atoms with Crippen LogP contribution in [-0.4, -0.2) is 0 Å². The van der Waals surface area contributed by atoms with Gasteiger partial charge in [-0.3, -0.25) is 0 Å². The summed E-state index contributed by atoms with van der Waals surface area (Å²) in [7, 11) is 0. The molecule has 0 saturated carbocycles. The van der Waals surface area contributed by atoms with E-state index in [4.69, 9.17) is 4.74 Å². The second kappa shape index (κ2) is 2.64. The van der Waals surface area contributed by atoms with E-state index in [1.165, 1.54) is 11.1 Å². The summed E-state index contributed by atoms with van der Waals surface area (Å²) in [6.07, 6.45) is 3.11. The van der Waals surface area contributed by atoms with Gasteiger partial charge >= 0.3 is 0 Å². The van der Waals surface area contributed by atoms with E-state index in [1.807, 2.05) is 12.1 Å². The van der Waals surface area contributed by atoms with E-state index in [-0.39, 0.29) is 0 Å². The molecule has 2 heteroatoms. The van der Waals surface area contributed by atoms with Gasteiger partial charge in [-0.1, -0.05) is 25.1 Å². The van der Waals surface area contributed by atoms with Crippen molar-refractivity contribution in [3.8, 4) is 0 Å². The van der Waals surface area contributed by atoms with Crippen LogP contribution in [0.2, 0.25) is 0 Å². The Morgan fingerprint density at radius 1 is 1.29 bits per heavy atom. The van der Waals surface area contributed by atoms with E-state index in [2.05, 4.69) is 30.4 Å². The van der Waals surface area contributed by atoms with Crippen molar-refractivity contribution in [2.24, 2.45) is 0 Å². The summed E-state index contributed by atoms with van der Waals surface area (Å²) < 4.78 is 5.52. The molecule has 14 heavy (non-hydrogen) atoms. The minimum Gasteiger partial charge on any atom is -0.440 e. The highest BCUT2D eigenvalue weighted by Crippen LogP contribution is 2.39. The lowest BCUT2D eigenvalue weighted by atomic mass is 10.1. The number of anilines is 1. The molecule has 0 saturated heterocycles. The Bertz CT molecular complexity index is 457. The third kappa shape index (κ3) is 0.909. The van der Waals surface area contributed by atoms with Crippen molar-refractivity contribution in [1.82, 2.24) is 0 Å². The number of hydrogen-bond acceptors (Lipinski definition) is 2. The van der Waals surface area contributed by atoms with Crippen LogP contribution in [0, 0.1) is 0 Å². The van der Waals surface area contributed by atoms with Gasteiger partial charge in [0.1, 0.15) is 5.76 Å². The molecule has 3 heterocycles. The molecule has 1 aromatic carbocycles. The zero-order valence-electron chi connectivity index (χ0n) is 8.00. The second-order valence-electron chi connectivity index (χ2n) is 3.48. The Morgan fingerprint density at radius 2 is 2.14 bits per heavy atom. The number of benzene rings is 1. The van der Waals surface area contributed by atoms with Gasteiger partial charge in [-0.25, -0.2) is 0 Å². The van der Waals surface area contributed by atoms with E-state index in [0.29, 0.717) is 0 Å². The van der Waals surface area contributed by atoms with Crippen molar-refractivity contribution in [2.45, 2.75) is 13.3 Å². The number of hydrogen-bond donors (Lipinski definition) is 1. The largest absolute Gasteiger partial charge is 0.440 e. The Morgan fingerprint density at radius 3 is 3.00 bits per heavy atom. The maximum absolute atomic E-state index is 5.52. The maximum atomic E-state index is 5.52. The summed E-state index contributed by atoms with van der Waals surface area (Å²) in [5.74, 6) is 1.93. The lowest BCUT2D eigenvalue weighted by Crippen LogP contribution is -2.16. The van der Waals surface area contributed by atoms with Gasteiger partial charge in [0, 0.05) is 11.3 Å². The molecule has 3 aliphatic rings. The van der Waals surface area contributed by atoms with E-state index >= 15 is 0 Å². The van der Waals surface area contributed by atoms with Gasteiger partial charge in [0.15, 0.2) is 0 Å². The van der Waals surface area contributed by atoms with Crippen molar-refractivity contribution < 1.29 is 4.74 Å². The monoisotopic (exact) mass is 185 g/mol. The summed E-state index contributed by atoms with van der Waals surface area (Å²) in [5.41, 5.74) is 3.61. The number of ether oxygens (including phenoxy) is 1. The Labute approximate surface area is 82.9 Å². The lowest BCUT2D eigenvalue weighted by molar-refractivity contribution is 0.266. The van der Waals surface area contributed by atoms with Gasteiger partial charge in [-0.05, 0) is 18.6 Å². The van der Waals surface area contributed by atoms with Crippen LogP contribution in [0.1, 0.15) is 18.9 Å². The highest BCUT2D eigenvalue weighted by Gasteiger charge is 2.27. The first-order valence-corrected chi connectivity index (χ1v) is 4.87. The predicted octanol–water partition coefficient (Wildman–Crippen LogP) is 3.10. The molecule has 1 N–H and O–H groups in total. The molecule has 0 spiro atoms. The zero-order chi connectivity index (χ0) is 9.54. The topological polar surface area (TPSA) is 21.3 Å². The molecule has 3 aliphatic heterocycles. The van der Waals surface area contributed by atoms with Crippen LogP contribution in [0.5, 0.6) is 0 Å². The van der Waals surface area contributed by atoms with Crippen molar-refractivity contribution in [2.75, 3.05) is 5.32 Å². The fourth-order valence-corrected chi connectivity index (χ4v) is 1.85. The van der Waals surface area contributed by atoms with Crippen molar-refractivity contribution in [3.05, 3.63) is 47.0 Å². The second-order valence-corrected chi connectivity index (χ2v) is 3.48. The Hall–Kier alpha value is -1.70. The highest BCUT2D eigenvalue weighted by molar-refractivity contribution is 5.76. The fourth-order valence-electron chi connectivity index (χ4n) is 1.85. The summed E-state index contributed by atoms with van der Waals surface area (Å²) in [4.78, 5) is 0. The molecule has 0 atom stereocenters. The molecule has 1 aromatic rings. The molecular formula is C12H11NO. The van der Waals surface area contributed by atoms with E-state index < -0.39 is 0 Å². The van der Waals surface area contributed by atoms with Crippen LogP contribution >= 0.6 is 0 Å².